The lowest BCUT2D eigenvalue weighted by Gasteiger charge is -2.22. The molecule has 142 valence electrons. The van der Waals surface area contributed by atoms with E-state index in [0.29, 0.717) is 16.9 Å². The molecule has 1 atom stereocenters. The van der Waals surface area contributed by atoms with Crippen molar-refractivity contribution in [2.24, 2.45) is 0 Å². The fourth-order valence-corrected chi connectivity index (χ4v) is 3.97. The predicted octanol–water partition coefficient (Wildman–Crippen LogP) is 3.53. The molecule has 1 aliphatic rings. The Morgan fingerprint density at radius 2 is 2.15 bits per heavy atom. The van der Waals surface area contributed by atoms with Crippen molar-refractivity contribution in [3.8, 4) is 0 Å². The number of aromatic nitrogens is 3. The van der Waals surface area contributed by atoms with Gasteiger partial charge in [0.05, 0.1) is 6.04 Å². The highest BCUT2D eigenvalue weighted by Crippen LogP contribution is 2.22. The number of carbonyl (C=O) groups excluding carboxylic acids is 1. The van der Waals surface area contributed by atoms with Crippen molar-refractivity contribution in [1.82, 2.24) is 20.1 Å². The minimum atomic E-state index is -0.215. The molecule has 1 amide bonds. The van der Waals surface area contributed by atoms with E-state index in [0.717, 1.165) is 37.2 Å². The van der Waals surface area contributed by atoms with Gasteiger partial charge in [-0.3, -0.25) is 14.8 Å². The Morgan fingerprint density at radius 3 is 2.93 bits per heavy atom. The summed E-state index contributed by atoms with van der Waals surface area (Å²) in [5.74, 6) is -0.215. The van der Waals surface area contributed by atoms with E-state index in [-0.39, 0.29) is 18.3 Å². The smallest absolute Gasteiger partial charge is 0.277 e. The van der Waals surface area contributed by atoms with Crippen LogP contribution in [0.4, 0.5) is 5.13 Å². The molecule has 3 heterocycles. The number of benzene rings is 1. The number of nitrogens with one attached hydrogen (secondary N) is 2. The quantitative estimate of drug-likeness (QED) is 0.683. The molecule has 0 saturated carbocycles. The minimum absolute atomic E-state index is 0. The van der Waals surface area contributed by atoms with Gasteiger partial charge in [-0.2, -0.15) is 5.10 Å². The van der Waals surface area contributed by atoms with Crippen molar-refractivity contribution in [3.63, 3.8) is 0 Å². The van der Waals surface area contributed by atoms with E-state index in [1.165, 1.54) is 16.9 Å². The van der Waals surface area contributed by atoms with Crippen LogP contribution in [0.25, 0.3) is 0 Å². The van der Waals surface area contributed by atoms with Crippen LogP contribution in [0.2, 0.25) is 0 Å². The van der Waals surface area contributed by atoms with Crippen LogP contribution in [0, 0.1) is 0 Å². The highest BCUT2D eigenvalue weighted by atomic mass is 35.5. The molecule has 0 spiro atoms. The highest BCUT2D eigenvalue weighted by molar-refractivity contribution is 7.15. The van der Waals surface area contributed by atoms with Gasteiger partial charge in [0.15, 0.2) is 10.8 Å². The number of hydrogen-bond acceptors (Lipinski definition) is 5. The molecule has 6 nitrogen and oxygen atoms in total. The molecule has 2 aromatic heterocycles. The van der Waals surface area contributed by atoms with Gasteiger partial charge < -0.3 is 5.32 Å². The molecule has 27 heavy (non-hydrogen) atoms. The van der Waals surface area contributed by atoms with Gasteiger partial charge in [0, 0.05) is 30.2 Å². The summed E-state index contributed by atoms with van der Waals surface area (Å²) in [6, 6.07) is 12.3. The summed E-state index contributed by atoms with van der Waals surface area (Å²) in [5.41, 5.74) is 1.66. The van der Waals surface area contributed by atoms with Crippen LogP contribution in [0.5, 0.6) is 0 Å². The first kappa shape index (κ1) is 19.5. The average molecular weight is 404 g/mol. The van der Waals surface area contributed by atoms with E-state index in [9.17, 15) is 4.79 Å². The van der Waals surface area contributed by atoms with Crippen LogP contribution >= 0.6 is 23.7 Å². The first-order valence-corrected chi connectivity index (χ1v) is 9.65. The summed E-state index contributed by atoms with van der Waals surface area (Å²) in [6.45, 7) is 1.96. The largest absolute Gasteiger partial charge is 0.315 e. The SMILES string of the molecule is Cl.O=C(Nc1ncc(Cc2ccccc2)s1)c1ccn(C2CCCNC2)n1. The number of hydrogen-bond donors (Lipinski definition) is 2. The molecule has 0 radical (unpaired) electrons. The summed E-state index contributed by atoms with van der Waals surface area (Å²) in [6.07, 6.45) is 6.74. The molecule has 0 bridgehead atoms. The third kappa shape index (κ3) is 4.94. The van der Waals surface area contributed by atoms with E-state index < -0.39 is 0 Å². The molecule has 4 rings (SSSR count). The van der Waals surface area contributed by atoms with Gasteiger partial charge in [-0.1, -0.05) is 30.3 Å². The van der Waals surface area contributed by atoms with Crippen molar-refractivity contribution >= 4 is 34.8 Å². The first-order valence-electron chi connectivity index (χ1n) is 8.84. The number of carbonyl (C=O) groups is 1. The van der Waals surface area contributed by atoms with Crippen molar-refractivity contribution < 1.29 is 4.79 Å². The number of thiazole rings is 1. The number of rotatable bonds is 5. The van der Waals surface area contributed by atoms with Gasteiger partial charge in [-0.25, -0.2) is 4.98 Å². The molecule has 8 heteroatoms. The lowest BCUT2D eigenvalue weighted by molar-refractivity contribution is 0.102. The zero-order valence-electron chi connectivity index (χ0n) is 14.8. The second-order valence-corrected chi connectivity index (χ2v) is 7.54. The van der Waals surface area contributed by atoms with Crippen molar-refractivity contribution in [3.05, 3.63) is 64.9 Å². The van der Waals surface area contributed by atoms with Gasteiger partial charge in [-0.05, 0) is 31.0 Å². The van der Waals surface area contributed by atoms with E-state index in [1.54, 1.807) is 6.07 Å². The molecule has 1 fully saturated rings. The minimum Gasteiger partial charge on any atom is -0.315 e. The fourth-order valence-electron chi connectivity index (χ4n) is 3.13. The molecular weight excluding hydrogens is 382 g/mol. The molecule has 1 aromatic carbocycles. The molecule has 1 saturated heterocycles. The summed E-state index contributed by atoms with van der Waals surface area (Å²) in [7, 11) is 0. The maximum absolute atomic E-state index is 12.4. The maximum Gasteiger partial charge on any atom is 0.277 e. The molecule has 1 unspecified atom stereocenters. The van der Waals surface area contributed by atoms with E-state index >= 15 is 0 Å². The topological polar surface area (TPSA) is 71.8 Å². The van der Waals surface area contributed by atoms with Crippen LogP contribution in [-0.4, -0.2) is 33.8 Å². The summed E-state index contributed by atoms with van der Waals surface area (Å²) >= 11 is 1.50. The Hall–Kier alpha value is -2.22. The highest BCUT2D eigenvalue weighted by Gasteiger charge is 2.18. The monoisotopic (exact) mass is 403 g/mol. The molecule has 0 aliphatic carbocycles. The number of halogens is 1. The van der Waals surface area contributed by atoms with E-state index in [4.69, 9.17) is 0 Å². The molecule has 1 aliphatic heterocycles. The molecular formula is C19H22ClN5OS. The Bertz CT molecular complexity index is 873. The molecule has 2 N–H and O–H groups in total. The zero-order chi connectivity index (χ0) is 17.8. The van der Waals surface area contributed by atoms with Gasteiger partial charge in [0.25, 0.3) is 5.91 Å². The van der Waals surface area contributed by atoms with Crippen LogP contribution in [0.1, 0.15) is 39.8 Å². The Morgan fingerprint density at radius 1 is 1.30 bits per heavy atom. The summed E-state index contributed by atoms with van der Waals surface area (Å²) in [5, 5.41) is 11.3. The first-order chi connectivity index (χ1) is 12.8. The number of anilines is 1. The lowest BCUT2D eigenvalue weighted by atomic mass is 10.1. The van der Waals surface area contributed by atoms with Crippen molar-refractivity contribution in [1.29, 1.82) is 0 Å². The Kier molecular flexibility index (Phi) is 6.60. The Balaban J connectivity index is 0.00000210. The van der Waals surface area contributed by atoms with Crippen LogP contribution in [-0.2, 0) is 6.42 Å². The number of amides is 1. The third-order valence-corrected chi connectivity index (χ3v) is 5.39. The van der Waals surface area contributed by atoms with Gasteiger partial charge in [0.1, 0.15) is 0 Å². The predicted molar refractivity (Wildman–Crippen MR) is 110 cm³/mol. The summed E-state index contributed by atoms with van der Waals surface area (Å²) < 4.78 is 1.89. The van der Waals surface area contributed by atoms with Gasteiger partial charge in [0.2, 0.25) is 0 Å². The average Bonchev–Trinajstić information content (AvgIpc) is 3.33. The fraction of sp³-hybridized carbons (Fsp3) is 0.316. The van der Waals surface area contributed by atoms with Crippen molar-refractivity contribution in [2.45, 2.75) is 25.3 Å². The standard InChI is InChI=1S/C19H21N5OS.ClH/c25-18(17-8-10-24(23-17)15-7-4-9-20-12-15)22-19-21-13-16(26-19)11-14-5-2-1-3-6-14;/h1-3,5-6,8,10,13,15,20H,4,7,9,11-12H2,(H,21,22,25);1H. The van der Waals surface area contributed by atoms with Crippen LogP contribution in [0.3, 0.4) is 0 Å². The lowest BCUT2D eigenvalue weighted by Crippen LogP contribution is -2.32. The number of piperidine rings is 1. The van der Waals surface area contributed by atoms with Crippen molar-refractivity contribution in [2.75, 3.05) is 18.4 Å². The van der Waals surface area contributed by atoms with Crippen LogP contribution < -0.4 is 10.6 Å². The summed E-state index contributed by atoms with van der Waals surface area (Å²) in [4.78, 5) is 17.9. The third-order valence-electron chi connectivity index (χ3n) is 4.48. The normalized spacial score (nSPS) is 16.5. The van der Waals surface area contributed by atoms with E-state index in [2.05, 4.69) is 32.8 Å². The van der Waals surface area contributed by atoms with Gasteiger partial charge in [-0.15, -0.1) is 23.7 Å². The Labute approximate surface area is 168 Å². The van der Waals surface area contributed by atoms with Gasteiger partial charge >= 0.3 is 0 Å². The maximum atomic E-state index is 12.4. The second kappa shape index (κ2) is 9.12. The second-order valence-electron chi connectivity index (χ2n) is 6.43. The van der Waals surface area contributed by atoms with E-state index in [1.807, 2.05) is 35.3 Å². The van der Waals surface area contributed by atoms with Crippen LogP contribution in [0.15, 0.2) is 48.8 Å². The molecule has 3 aromatic rings. The zero-order valence-corrected chi connectivity index (χ0v) is 16.4. The number of nitrogens with zero attached hydrogens (tertiary/aromatic N) is 3.